The van der Waals surface area contributed by atoms with Crippen LogP contribution < -0.4 is 10.1 Å². The molecule has 2 aliphatic heterocycles. The van der Waals surface area contributed by atoms with Crippen LogP contribution in [0.3, 0.4) is 0 Å². The first-order valence-corrected chi connectivity index (χ1v) is 8.05. The second-order valence-corrected chi connectivity index (χ2v) is 6.04. The first-order valence-electron chi connectivity index (χ1n) is 8.05. The van der Waals surface area contributed by atoms with Crippen molar-refractivity contribution in [3.8, 4) is 5.75 Å². The van der Waals surface area contributed by atoms with Gasteiger partial charge in [0.1, 0.15) is 5.75 Å². The topological polar surface area (TPSA) is 24.5 Å². The van der Waals surface area contributed by atoms with Gasteiger partial charge in [-0.15, -0.1) is 0 Å². The maximum absolute atomic E-state index is 5.84. The zero-order valence-electron chi connectivity index (χ0n) is 12.5. The summed E-state index contributed by atoms with van der Waals surface area (Å²) in [6, 6.07) is 9.23. The van der Waals surface area contributed by atoms with E-state index in [1.165, 1.54) is 37.9 Å². The quantitative estimate of drug-likeness (QED) is 0.893. The molecule has 2 aliphatic rings. The van der Waals surface area contributed by atoms with Gasteiger partial charge in [-0.2, -0.15) is 0 Å². The second kappa shape index (κ2) is 6.59. The van der Waals surface area contributed by atoms with E-state index in [-0.39, 0.29) is 0 Å². The van der Waals surface area contributed by atoms with E-state index in [1.807, 2.05) is 0 Å². The molecule has 0 radical (unpaired) electrons. The van der Waals surface area contributed by atoms with Crippen molar-refractivity contribution in [3.05, 3.63) is 29.8 Å². The Hall–Kier alpha value is -1.06. The third kappa shape index (κ3) is 2.99. The van der Waals surface area contributed by atoms with Crippen LogP contribution in [-0.4, -0.2) is 43.7 Å². The first-order chi connectivity index (χ1) is 9.88. The van der Waals surface area contributed by atoms with E-state index in [2.05, 4.69) is 41.4 Å². The van der Waals surface area contributed by atoms with Crippen molar-refractivity contribution in [1.29, 1.82) is 0 Å². The molecular weight excluding hydrogens is 248 g/mol. The maximum Gasteiger partial charge on any atom is 0.122 e. The fourth-order valence-corrected chi connectivity index (χ4v) is 3.52. The number of nitrogens with zero attached hydrogens (tertiary/aromatic N) is 1. The smallest absolute Gasteiger partial charge is 0.122 e. The van der Waals surface area contributed by atoms with Crippen molar-refractivity contribution < 1.29 is 4.74 Å². The van der Waals surface area contributed by atoms with Gasteiger partial charge in [-0.25, -0.2) is 0 Å². The fraction of sp³-hybridized carbons (Fsp3) is 0.647. The summed E-state index contributed by atoms with van der Waals surface area (Å²) in [4.78, 5) is 2.68. The molecule has 0 aliphatic carbocycles. The van der Waals surface area contributed by atoms with Crippen molar-refractivity contribution in [2.75, 3.05) is 32.8 Å². The third-order valence-electron chi connectivity index (χ3n) is 4.55. The van der Waals surface area contributed by atoms with Crippen molar-refractivity contribution in [2.45, 2.75) is 38.1 Å². The van der Waals surface area contributed by atoms with Gasteiger partial charge in [0.25, 0.3) is 0 Å². The molecule has 20 heavy (non-hydrogen) atoms. The summed E-state index contributed by atoms with van der Waals surface area (Å²) in [5.74, 6) is 1.63. The molecule has 0 bridgehead atoms. The minimum atomic E-state index is 0.541. The highest BCUT2D eigenvalue weighted by Gasteiger charge is 2.28. The largest absolute Gasteiger partial charge is 0.493 e. The molecule has 3 heteroatoms. The van der Waals surface area contributed by atoms with Crippen LogP contribution in [-0.2, 0) is 0 Å². The van der Waals surface area contributed by atoms with Gasteiger partial charge in [0, 0.05) is 30.6 Å². The Morgan fingerprint density at radius 3 is 3.05 bits per heavy atom. The van der Waals surface area contributed by atoms with Crippen LogP contribution in [0.4, 0.5) is 0 Å². The van der Waals surface area contributed by atoms with Gasteiger partial charge in [0.2, 0.25) is 0 Å². The highest BCUT2D eigenvalue weighted by Crippen LogP contribution is 2.34. The number of para-hydroxylation sites is 1. The Labute approximate surface area is 122 Å². The van der Waals surface area contributed by atoms with Gasteiger partial charge < -0.3 is 10.1 Å². The summed E-state index contributed by atoms with van der Waals surface area (Å²) >= 11 is 0. The van der Waals surface area contributed by atoms with Crippen LogP contribution in [0.2, 0.25) is 0 Å². The summed E-state index contributed by atoms with van der Waals surface area (Å²) in [6.45, 7) is 7.80. The summed E-state index contributed by atoms with van der Waals surface area (Å²) in [6.07, 6.45) is 3.87. The summed E-state index contributed by atoms with van der Waals surface area (Å²) in [5, 5.41) is 3.54. The zero-order chi connectivity index (χ0) is 13.8. The Balaban J connectivity index is 1.67. The molecule has 1 saturated heterocycles. The van der Waals surface area contributed by atoms with Crippen molar-refractivity contribution in [3.63, 3.8) is 0 Å². The normalized spacial score (nSPS) is 25.5. The molecule has 2 atom stereocenters. The lowest BCUT2D eigenvalue weighted by atomic mass is 9.98. The van der Waals surface area contributed by atoms with E-state index in [0.717, 1.165) is 25.4 Å². The van der Waals surface area contributed by atoms with Crippen molar-refractivity contribution >= 4 is 0 Å². The lowest BCUT2D eigenvalue weighted by molar-refractivity contribution is 0.149. The summed E-state index contributed by atoms with van der Waals surface area (Å²) in [5.41, 5.74) is 1.40. The molecule has 3 rings (SSSR count). The molecule has 0 amide bonds. The number of hydrogen-bond acceptors (Lipinski definition) is 3. The van der Waals surface area contributed by atoms with Crippen LogP contribution >= 0.6 is 0 Å². The third-order valence-corrected chi connectivity index (χ3v) is 4.55. The van der Waals surface area contributed by atoms with Crippen LogP contribution in [0.1, 0.15) is 37.7 Å². The van der Waals surface area contributed by atoms with E-state index in [4.69, 9.17) is 4.74 Å². The molecule has 1 aromatic rings. The van der Waals surface area contributed by atoms with Crippen LogP contribution in [0.5, 0.6) is 5.75 Å². The molecule has 110 valence electrons. The van der Waals surface area contributed by atoms with Gasteiger partial charge in [0.05, 0.1) is 6.61 Å². The summed E-state index contributed by atoms with van der Waals surface area (Å²) in [7, 11) is 0. The zero-order valence-corrected chi connectivity index (χ0v) is 12.5. The van der Waals surface area contributed by atoms with Gasteiger partial charge in [0.15, 0.2) is 0 Å². The number of fused-ring (bicyclic) bond motifs is 1. The molecule has 2 heterocycles. The number of rotatable bonds is 5. The van der Waals surface area contributed by atoms with E-state index in [9.17, 15) is 0 Å². The van der Waals surface area contributed by atoms with Crippen LogP contribution in [0.25, 0.3) is 0 Å². The molecule has 1 fully saturated rings. The van der Waals surface area contributed by atoms with Gasteiger partial charge in [-0.3, -0.25) is 4.90 Å². The van der Waals surface area contributed by atoms with E-state index < -0.39 is 0 Å². The minimum Gasteiger partial charge on any atom is -0.493 e. The summed E-state index contributed by atoms with van der Waals surface area (Å²) < 4.78 is 5.84. The maximum atomic E-state index is 5.84. The van der Waals surface area contributed by atoms with E-state index >= 15 is 0 Å². The predicted molar refractivity (Wildman–Crippen MR) is 82.4 cm³/mol. The lowest BCUT2D eigenvalue weighted by Crippen LogP contribution is -2.47. The van der Waals surface area contributed by atoms with Crippen molar-refractivity contribution in [2.24, 2.45) is 0 Å². The molecule has 2 unspecified atom stereocenters. The number of nitrogens with one attached hydrogen (secondary N) is 1. The standard InChI is InChI=1S/C17H26N2O/c1-2-10-19(15-6-5-9-18-11-15)12-14-13-20-17-8-4-3-7-16(14)17/h3-4,7-8,14-15,18H,2,5-6,9-13H2,1H3. The highest BCUT2D eigenvalue weighted by molar-refractivity contribution is 5.39. The molecule has 0 spiro atoms. The first kappa shape index (κ1) is 13.9. The monoisotopic (exact) mass is 274 g/mol. The molecule has 0 saturated carbocycles. The molecule has 1 N–H and O–H groups in total. The molecular formula is C17H26N2O. The number of hydrogen-bond donors (Lipinski definition) is 1. The Morgan fingerprint density at radius 2 is 2.25 bits per heavy atom. The van der Waals surface area contributed by atoms with E-state index in [0.29, 0.717) is 12.0 Å². The average Bonchev–Trinajstić information content (AvgIpc) is 2.91. The van der Waals surface area contributed by atoms with Gasteiger partial charge in [-0.05, 0) is 38.4 Å². The van der Waals surface area contributed by atoms with Crippen molar-refractivity contribution in [1.82, 2.24) is 10.2 Å². The Morgan fingerprint density at radius 1 is 1.35 bits per heavy atom. The highest BCUT2D eigenvalue weighted by atomic mass is 16.5. The average molecular weight is 274 g/mol. The van der Waals surface area contributed by atoms with Gasteiger partial charge >= 0.3 is 0 Å². The second-order valence-electron chi connectivity index (χ2n) is 6.04. The predicted octanol–water partition coefficient (Wildman–Crippen LogP) is 2.63. The molecule has 3 nitrogen and oxygen atoms in total. The SMILES string of the molecule is CCCN(CC1COc2ccccc21)C1CCCNC1. The lowest BCUT2D eigenvalue weighted by Gasteiger charge is -2.36. The molecule has 1 aromatic carbocycles. The van der Waals surface area contributed by atoms with Crippen LogP contribution in [0, 0.1) is 0 Å². The van der Waals surface area contributed by atoms with Gasteiger partial charge in [-0.1, -0.05) is 25.1 Å². The number of piperidine rings is 1. The number of ether oxygens (including phenoxy) is 1. The fourth-order valence-electron chi connectivity index (χ4n) is 3.52. The number of benzene rings is 1. The minimum absolute atomic E-state index is 0.541. The van der Waals surface area contributed by atoms with Crippen LogP contribution in [0.15, 0.2) is 24.3 Å². The Bertz CT molecular complexity index is 429. The Kier molecular flexibility index (Phi) is 4.58. The molecule has 0 aromatic heterocycles. The van der Waals surface area contributed by atoms with E-state index in [1.54, 1.807) is 0 Å².